The van der Waals surface area contributed by atoms with Crippen molar-refractivity contribution in [1.82, 2.24) is 0 Å². The summed E-state index contributed by atoms with van der Waals surface area (Å²) in [5.41, 5.74) is -1.63. The minimum Gasteiger partial charge on any atom is -0.366 e. The molecule has 0 aromatic rings. The average Bonchev–Trinajstić information content (AvgIpc) is 3.58. The number of hydrogen-bond acceptors (Lipinski definition) is 7. The Morgan fingerprint density at radius 2 is 1.69 bits per heavy atom. The molecule has 7 heteroatoms. The molecule has 1 spiro atoms. The Bertz CT molecular complexity index is 858. The zero-order valence-corrected chi connectivity index (χ0v) is 20.0. The predicted octanol–water partition coefficient (Wildman–Crippen LogP) is 3.00. The van der Waals surface area contributed by atoms with Crippen LogP contribution in [0.1, 0.15) is 54.4 Å². The molecule has 8 atom stereocenters. The van der Waals surface area contributed by atoms with Crippen molar-refractivity contribution in [2.24, 2.45) is 22.7 Å². The van der Waals surface area contributed by atoms with Crippen LogP contribution in [-0.4, -0.2) is 67.2 Å². The zero-order valence-electron chi connectivity index (χ0n) is 20.0. The maximum absolute atomic E-state index is 14.6. The minimum absolute atomic E-state index is 0.0142. The van der Waals surface area contributed by atoms with E-state index in [0.29, 0.717) is 26.2 Å². The van der Waals surface area contributed by atoms with E-state index in [1.54, 1.807) is 0 Å². The van der Waals surface area contributed by atoms with Gasteiger partial charge in [-0.25, -0.2) is 0 Å². The molecule has 0 N–H and O–H groups in total. The number of carbonyl (C=O) groups excluding carboxylic acids is 1. The van der Waals surface area contributed by atoms with Gasteiger partial charge in [0.05, 0.1) is 32.0 Å². The molecule has 6 aliphatic rings. The fourth-order valence-corrected chi connectivity index (χ4v) is 7.15. The van der Waals surface area contributed by atoms with Crippen molar-refractivity contribution in [2.75, 3.05) is 19.8 Å². The molecule has 32 heavy (non-hydrogen) atoms. The highest BCUT2D eigenvalue weighted by atomic mass is 16.7. The molecule has 178 valence electrons. The van der Waals surface area contributed by atoms with Crippen LogP contribution in [0.2, 0.25) is 0 Å². The summed E-state index contributed by atoms with van der Waals surface area (Å²) in [7, 11) is 0. The first-order valence-electron chi connectivity index (χ1n) is 12.1. The van der Waals surface area contributed by atoms with E-state index in [1.165, 1.54) is 0 Å². The van der Waals surface area contributed by atoms with E-state index < -0.39 is 22.6 Å². The summed E-state index contributed by atoms with van der Waals surface area (Å²) in [4.78, 5) is 14.6. The van der Waals surface area contributed by atoms with Crippen LogP contribution in [0.3, 0.4) is 0 Å². The first kappa shape index (κ1) is 21.7. The van der Waals surface area contributed by atoms with Gasteiger partial charge in [0.15, 0.2) is 23.0 Å². The molecule has 7 nitrogen and oxygen atoms in total. The summed E-state index contributed by atoms with van der Waals surface area (Å²) in [6, 6.07) is 0. The van der Waals surface area contributed by atoms with Crippen molar-refractivity contribution in [3.8, 4) is 0 Å². The summed E-state index contributed by atoms with van der Waals surface area (Å²) in [5.74, 6) is -1.58. The van der Waals surface area contributed by atoms with Gasteiger partial charge in [-0.05, 0) is 27.2 Å². The van der Waals surface area contributed by atoms with Crippen molar-refractivity contribution < 1.29 is 33.2 Å². The molecule has 4 aliphatic heterocycles. The molecule has 0 amide bonds. The van der Waals surface area contributed by atoms with Crippen molar-refractivity contribution in [1.29, 1.82) is 0 Å². The molecule has 4 heterocycles. The van der Waals surface area contributed by atoms with Crippen molar-refractivity contribution in [3.05, 3.63) is 12.2 Å². The number of fused-ring (bicyclic) bond motifs is 6. The Kier molecular flexibility index (Phi) is 4.36. The Morgan fingerprint density at radius 1 is 0.969 bits per heavy atom. The predicted molar refractivity (Wildman–Crippen MR) is 114 cm³/mol. The molecular weight excluding hydrogens is 412 g/mol. The Hall–Kier alpha value is -0.830. The maximum atomic E-state index is 14.6. The number of Topliss-reactive ketones (excluding diaryl/α,β-unsaturated/α-hetero) is 1. The van der Waals surface area contributed by atoms with Crippen LogP contribution >= 0.6 is 0 Å². The van der Waals surface area contributed by atoms with Gasteiger partial charge in [-0.2, -0.15) is 0 Å². The van der Waals surface area contributed by atoms with Gasteiger partial charge in [0.25, 0.3) is 0 Å². The van der Waals surface area contributed by atoms with Crippen molar-refractivity contribution in [3.63, 3.8) is 0 Å². The largest absolute Gasteiger partial charge is 0.366 e. The second-order valence-electron chi connectivity index (χ2n) is 12.1. The lowest BCUT2D eigenvalue weighted by molar-refractivity contribution is -0.307. The number of allylic oxidation sites excluding steroid dienone is 1. The van der Waals surface area contributed by atoms with Gasteiger partial charge in [-0.15, -0.1) is 0 Å². The van der Waals surface area contributed by atoms with Crippen molar-refractivity contribution in [2.45, 2.75) is 96.0 Å². The van der Waals surface area contributed by atoms with E-state index >= 15 is 0 Å². The lowest BCUT2D eigenvalue weighted by atomic mass is 9.54. The molecule has 0 unspecified atom stereocenters. The van der Waals surface area contributed by atoms with E-state index in [4.69, 9.17) is 28.4 Å². The summed E-state index contributed by atoms with van der Waals surface area (Å²) in [6.45, 7) is 13.9. The van der Waals surface area contributed by atoms with E-state index in [2.05, 4.69) is 32.9 Å². The van der Waals surface area contributed by atoms with Crippen LogP contribution in [0.15, 0.2) is 12.2 Å². The Balaban J connectivity index is 1.38. The fraction of sp³-hybridized carbons (Fsp3) is 0.880. The van der Waals surface area contributed by atoms with Gasteiger partial charge < -0.3 is 28.4 Å². The quantitative estimate of drug-likeness (QED) is 0.475. The first-order chi connectivity index (χ1) is 14.9. The normalized spacial score (nSPS) is 52.9. The lowest BCUT2D eigenvalue weighted by Crippen LogP contribution is -2.63. The molecule has 5 fully saturated rings. The third kappa shape index (κ3) is 2.85. The molecule has 2 aliphatic carbocycles. The molecule has 6 rings (SSSR count). The fourth-order valence-electron chi connectivity index (χ4n) is 7.15. The van der Waals surface area contributed by atoms with E-state index in [9.17, 15) is 4.79 Å². The summed E-state index contributed by atoms with van der Waals surface area (Å²) >= 11 is 0. The summed E-state index contributed by atoms with van der Waals surface area (Å²) in [5, 5.41) is 0. The zero-order chi connectivity index (χ0) is 22.7. The Labute approximate surface area is 190 Å². The second kappa shape index (κ2) is 6.43. The van der Waals surface area contributed by atoms with Gasteiger partial charge in [0.2, 0.25) is 0 Å². The summed E-state index contributed by atoms with van der Waals surface area (Å²) in [6.07, 6.45) is 5.40. The molecule has 0 bridgehead atoms. The highest BCUT2D eigenvalue weighted by Gasteiger charge is 2.77. The smallest absolute Gasteiger partial charge is 0.172 e. The molecular formula is C25H36O7. The molecule has 0 aromatic carbocycles. The third-order valence-electron chi connectivity index (χ3n) is 8.96. The molecule has 1 saturated carbocycles. The van der Waals surface area contributed by atoms with E-state index in [0.717, 1.165) is 6.42 Å². The topological polar surface area (TPSA) is 79.1 Å². The number of ketones is 1. The van der Waals surface area contributed by atoms with E-state index in [-0.39, 0.29) is 47.4 Å². The highest BCUT2D eigenvalue weighted by Crippen LogP contribution is 2.65. The lowest BCUT2D eigenvalue weighted by Gasteiger charge is -2.52. The average molecular weight is 449 g/mol. The van der Waals surface area contributed by atoms with Gasteiger partial charge in [-0.1, -0.05) is 32.9 Å². The molecule has 4 saturated heterocycles. The Morgan fingerprint density at radius 3 is 2.41 bits per heavy atom. The summed E-state index contributed by atoms with van der Waals surface area (Å²) < 4.78 is 36.7. The number of hydrogen-bond donors (Lipinski definition) is 0. The third-order valence-corrected chi connectivity index (χ3v) is 8.96. The van der Waals surface area contributed by atoms with Crippen molar-refractivity contribution >= 4 is 5.78 Å². The maximum Gasteiger partial charge on any atom is 0.172 e. The number of ether oxygens (including phenoxy) is 6. The standard InChI is InChI=1S/C25H36O7/c1-21(2)8-7-9-23(5)16(14-13-29-22(3,4)32-17(14)18-20(23)30-18)19(26)25(21)15(31-25)12-24(6)27-10-11-28-24/h7,9,14-18,20H,8,10-13H2,1-6H3/b9-7+/t14-,15+,16+,17+,18+,20+,23-,25+/m0/s1. The number of rotatable bonds is 2. The van der Waals surface area contributed by atoms with Crippen LogP contribution in [0.25, 0.3) is 0 Å². The van der Waals surface area contributed by atoms with Gasteiger partial charge in [-0.3, -0.25) is 4.79 Å². The highest BCUT2D eigenvalue weighted by molar-refractivity contribution is 5.95. The van der Waals surface area contributed by atoms with Crippen LogP contribution < -0.4 is 0 Å². The number of epoxide rings is 2. The van der Waals surface area contributed by atoms with Crippen LogP contribution in [0.4, 0.5) is 0 Å². The van der Waals surface area contributed by atoms with Gasteiger partial charge in [0, 0.05) is 29.1 Å². The van der Waals surface area contributed by atoms with Crippen LogP contribution in [0.5, 0.6) is 0 Å². The SMILES string of the molecule is CC1(C)OC[C@@H]2[C@@H](O1)[C@H]1O[C@H]1[C@@]1(C)/C=C/CC(C)(C)[C@]3(O[C@@H]3CC3(C)OCCO3)C(=O)[C@@H]21. The monoisotopic (exact) mass is 448 g/mol. The van der Waals surface area contributed by atoms with E-state index in [1.807, 2.05) is 20.8 Å². The van der Waals surface area contributed by atoms with Gasteiger partial charge in [0.1, 0.15) is 12.2 Å². The minimum atomic E-state index is -0.874. The second-order valence-corrected chi connectivity index (χ2v) is 12.1. The van der Waals surface area contributed by atoms with Crippen LogP contribution in [0, 0.1) is 22.7 Å². The first-order valence-corrected chi connectivity index (χ1v) is 12.1. The van der Waals surface area contributed by atoms with Gasteiger partial charge >= 0.3 is 0 Å². The molecule has 0 radical (unpaired) electrons. The number of carbonyl (C=O) groups is 1. The van der Waals surface area contributed by atoms with Crippen LogP contribution in [-0.2, 0) is 33.2 Å². The molecule has 0 aromatic heterocycles.